The lowest BCUT2D eigenvalue weighted by Gasteiger charge is -2.51. The summed E-state index contributed by atoms with van der Waals surface area (Å²) in [4.78, 5) is 7.15. The standard InChI is InChI=1S/C25H30N2O2/c1-24(2)15-22-20(13-17-9-6-7-12-21(17)26-22)25(28,23(24)16-27(3)4)18-10-8-11-19(14-18)29-5/h6-14,23,28H,15-16H2,1-5H3/t23-,25-/m1/s1. The van der Waals surface area contributed by atoms with E-state index in [1.807, 2.05) is 42.5 Å². The van der Waals surface area contributed by atoms with E-state index in [-0.39, 0.29) is 11.3 Å². The van der Waals surface area contributed by atoms with Crippen molar-refractivity contribution in [3.05, 3.63) is 71.4 Å². The van der Waals surface area contributed by atoms with E-state index in [2.05, 4.69) is 45.0 Å². The smallest absolute Gasteiger partial charge is 0.121 e. The summed E-state index contributed by atoms with van der Waals surface area (Å²) >= 11 is 0. The molecule has 1 aliphatic carbocycles. The third-order valence-corrected chi connectivity index (χ3v) is 6.34. The molecular weight excluding hydrogens is 360 g/mol. The predicted molar refractivity (Wildman–Crippen MR) is 117 cm³/mol. The van der Waals surface area contributed by atoms with Crippen molar-refractivity contribution in [1.29, 1.82) is 0 Å². The number of ether oxygens (including phenoxy) is 1. The van der Waals surface area contributed by atoms with Crippen LogP contribution < -0.4 is 4.74 Å². The summed E-state index contributed by atoms with van der Waals surface area (Å²) in [7, 11) is 5.79. The average molecular weight is 391 g/mol. The first-order chi connectivity index (χ1) is 13.8. The monoisotopic (exact) mass is 390 g/mol. The van der Waals surface area contributed by atoms with Gasteiger partial charge in [0.05, 0.1) is 12.6 Å². The van der Waals surface area contributed by atoms with Crippen molar-refractivity contribution >= 4 is 10.9 Å². The van der Waals surface area contributed by atoms with Crippen molar-refractivity contribution in [3.63, 3.8) is 0 Å². The van der Waals surface area contributed by atoms with E-state index in [0.717, 1.165) is 46.4 Å². The Kier molecular flexibility index (Phi) is 4.88. The minimum absolute atomic E-state index is 0.00688. The van der Waals surface area contributed by atoms with Gasteiger partial charge in [0.1, 0.15) is 11.4 Å². The molecule has 0 spiro atoms. The van der Waals surface area contributed by atoms with E-state index in [0.29, 0.717) is 0 Å². The quantitative estimate of drug-likeness (QED) is 0.724. The number of pyridine rings is 1. The van der Waals surface area contributed by atoms with Gasteiger partial charge in [-0.1, -0.05) is 44.2 Å². The van der Waals surface area contributed by atoms with E-state index in [1.165, 1.54) is 0 Å². The van der Waals surface area contributed by atoms with Crippen molar-refractivity contribution in [1.82, 2.24) is 9.88 Å². The summed E-state index contributed by atoms with van der Waals surface area (Å²) in [5, 5.41) is 13.5. The highest BCUT2D eigenvalue weighted by molar-refractivity contribution is 5.80. The number of rotatable bonds is 4. The van der Waals surface area contributed by atoms with Crippen LogP contribution in [0.3, 0.4) is 0 Å². The summed E-state index contributed by atoms with van der Waals surface area (Å²) in [6.45, 7) is 5.26. The Balaban J connectivity index is 2.03. The molecule has 1 heterocycles. The van der Waals surface area contributed by atoms with Crippen LogP contribution in [-0.4, -0.2) is 42.7 Å². The number of aromatic nitrogens is 1. The third kappa shape index (κ3) is 3.30. The molecule has 0 bridgehead atoms. The van der Waals surface area contributed by atoms with Gasteiger partial charge in [-0.15, -0.1) is 0 Å². The average Bonchev–Trinajstić information content (AvgIpc) is 2.69. The maximum absolute atomic E-state index is 12.5. The Bertz CT molecular complexity index is 1040. The van der Waals surface area contributed by atoms with Gasteiger partial charge in [0.15, 0.2) is 0 Å². The van der Waals surface area contributed by atoms with E-state index < -0.39 is 5.60 Å². The predicted octanol–water partition coefficient (Wildman–Crippen LogP) is 4.24. The lowest BCUT2D eigenvalue weighted by atomic mass is 9.58. The summed E-state index contributed by atoms with van der Waals surface area (Å²) in [6, 6.07) is 18.1. The van der Waals surface area contributed by atoms with Gasteiger partial charge in [-0.05, 0) is 55.8 Å². The molecule has 0 aliphatic heterocycles. The number of hydrogen-bond acceptors (Lipinski definition) is 4. The number of benzene rings is 2. The zero-order valence-corrected chi connectivity index (χ0v) is 17.9. The van der Waals surface area contributed by atoms with Crippen LogP contribution in [0, 0.1) is 11.3 Å². The number of hydrogen-bond donors (Lipinski definition) is 1. The van der Waals surface area contributed by atoms with E-state index >= 15 is 0 Å². The number of fused-ring (bicyclic) bond motifs is 2. The molecule has 0 amide bonds. The van der Waals surface area contributed by atoms with Crippen LogP contribution in [0.15, 0.2) is 54.6 Å². The highest BCUT2D eigenvalue weighted by Crippen LogP contribution is 2.53. The summed E-state index contributed by atoms with van der Waals surface area (Å²) in [6.07, 6.45) is 0.831. The number of para-hydroxylation sites is 1. The van der Waals surface area contributed by atoms with Gasteiger partial charge >= 0.3 is 0 Å². The van der Waals surface area contributed by atoms with Crippen molar-refractivity contribution in [3.8, 4) is 5.75 Å². The molecule has 4 heteroatoms. The lowest BCUT2D eigenvalue weighted by molar-refractivity contribution is -0.0631. The second-order valence-corrected chi connectivity index (χ2v) is 9.15. The molecule has 0 fully saturated rings. The first kappa shape index (κ1) is 19.9. The van der Waals surface area contributed by atoms with Crippen molar-refractivity contribution in [2.24, 2.45) is 11.3 Å². The van der Waals surface area contributed by atoms with Gasteiger partial charge < -0.3 is 14.7 Å². The molecule has 2 atom stereocenters. The molecule has 0 saturated heterocycles. The van der Waals surface area contributed by atoms with Crippen LogP contribution in [-0.2, 0) is 12.0 Å². The van der Waals surface area contributed by atoms with E-state index in [1.54, 1.807) is 7.11 Å². The topological polar surface area (TPSA) is 45.6 Å². The van der Waals surface area contributed by atoms with Gasteiger partial charge in [-0.3, -0.25) is 4.98 Å². The maximum Gasteiger partial charge on any atom is 0.121 e. The van der Waals surface area contributed by atoms with E-state index in [9.17, 15) is 5.11 Å². The summed E-state index contributed by atoms with van der Waals surface area (Å²) in [5.41, 5.74) is 2.43. The third-order valence-electron chi connectivity index (χ3n) is 6.34. The second kappa shape index (κ2) is 7.12. The van der Waals surface area contributed by atoms with Crippen molar-refractivity contribution in [2.45, 2.75) is 25.9 Å². The van der Waals surface area contributed by atoms with Crippen molar-refractivity contribution in [2.75, 3.05) is 27.7 Å². The highest BCUT2D eigenvalue weighted by atomic mass is 16.5. The van der Waals surface area contributed by atoms with Gasteiger partial charge in [0.2, 0.25) is 0 Å². The largest absolute Gasteiger partial charge is 0.497 e. The van der Waals surface area contributed by atoms with Crippen LogP contribution in [0.5, 0.6) is 5.75 Å². The Morgan fingerprint density at radius 3 is 2.59 bits per heavy atom. The molecule has 1 aromatic heterocycles. The Hall–Kier alpha value is -2.43. The summed E-state index contributed by atoms with van der Waals surface area (Å²) < 4.78 is 5.48. The fourth-order valence-corrected chi connectivity index (χ4v) is 4.89. The minimum atomic E-state index is -1.16. The SMILES string of the molecule is COc1cccc([C@@]2(O)c3cc4ccccc4nc3CC(C)(C)[C@H]2CN(C)C)c1. The fourth-order valence-electron chi connectivity index (χ4n) is 4.89. The zero-order chi connectivity index (χ0) is 20.8. The number of aliphatic hydroxyl groups is 1. The highest BCUT2D eigenvalue weighted by Gasteiger charge is 2.53. The lowest BCUT2D eigenvalue weighted by Crippen LogP contribution is -2.53. The number of nitrogens with zero attached hydrogens (tertiary/aromatic N) is 2. The molecule has 152 valence electrons. The summed E-state index contributed by atoms with van der Waals surface area (Å²) in [5.74, 6) is 0.741. The minimum Gasteiger partial charge on any atom is -0.497 e. The van der Waals surface area contributed by atoms with Crippen LogP contribution >= 0.6 is 0 Å². The zero-order valence-electron chi connectivity index (χ0n) is 17.9. The molecule has 0 radical (unpaired) electrons. The van der Waals surface area contributed by atoms with Crippen LogP contribution in [0.25, 0.3) is 10.9 Å². The van der Waals surface area contributed by atoms with Gasteiger partial charge in [-0.2, -0.15) is 0 Å². The first-order valence-electron chi connectivity index (χ1n) is 10.2. The molecule has 1 N–H and O–H groups in total. The normalized spacial score (nSPS) is 23.2. The molecule has 1 aliphatic rings. The maximum atomic E-state index is 12.5. The molecular formula is C25H30N2O2. The van der Waals surface area contributed by atoms with Crippen LogP contribution in [0.4, 0.5) is 0 Å². The van der Waals surface area contributed by atoms with Gasteiger partial charge in [0, 0.05) is 29.1 Å². The van der Waals surface area contributed by atoms with Crippen LogP contribution in [0.1, 0.15) is 30.7 Å². The second-order valence-electron chi connectivity index (χ2n) is 9.15. The van der Waals surface area contributed by atoms with Crippen LogP contribution in [0.2, 0.25) is 0 Å². The molecule has 4 rings (SSSR count). The molecule has 0 saturated carbocycles. The van der Waals surface area contributed by atoms with Gasteiger partial charge in [-0.25, -0.2) is 0 Å². The first-order valence-corrected chi connectivity index (χ1v) is 10.2. The Morgan fingerprint density at radius 2 is 1.86 bits per heavy atom. The van der Waals surface area contributed by atoms with Gasteiger partial charge in [0.25, 0.3) is 0 Å². The van der Waals surface area contributed by atoms with Crippen molar-refractivity contribution < 1.29 is 9.84 Å². The molecule has 29 heavy (non-hydrogen) atoms. The number of methoxy groups -OCH3 is 1. The Morgan fingerprint density at radius 1 is 1.10 bits per heavy atom. The fraction of sp³-hybridized carbons (Fsp3) is 0.400. The molecule has 4 nitrogen and oxygen atoms in total. The molecule has 0 unspecified atom stereocenters. The van der Waals surface area contributed by atoms with E-state index in [4.69, 9.17) is 9.72 Å². The Labute approximate surface area is 173 Å². The molecule has 2 aromatic carbocycles. The molecule has 3 aromatic rings.